The highest BCUT2D eigenvalue weighted by Gasteiger charge is 2.41. The third kappa shape index (κ3) is 10.5. The van der Waals surface area contributed by atoms with Gasteiger partial charge in [-0.1, -0.05) is 45.9 Å². The molecule has 6 aromatic rings. The Kier molecular flexibility index (Phi) is 15.1. The Morgan fingerprint density at radius 3 is 1.47 bits per heavy atom. The minimum Gasteiger partial charge on any atom is -0.453 e. The number of likely N-dealkylation sites (tertiary alicyclic amines) is 2. The molecule has 4 N–H and O–H groups in total. The number of rotatable bonds is 13. The number of hydrogen-bond acceptors (Lipinski definition) is 10. The van der Waals surface area contributed by atoms with Crippen molar-refractivity contribution in [1.29, 1.82) is 0 Å². The number of imidazole rings is 2. The van der Waals surface area contributed by atoms with Crippen LogP contribution in [0.5, 0.6) is 0 Å². The molecule has 0 radical (unpaired) electrons. The lowest BCUT2D eigenvalue weighted by atomic mass is 9.89. The maximum absolute atomic E-state index is 16.8. The van der Waals surface area contributed by atoms with E-state index in [1.807, 2.05) is 64.1 Å². The van der Waals surface area contributed by atoms with E-state index in [0.29, 0.717) is 98.6 Å². The van der Waals surface area contributed by atoms with E-state index in [4.69, 9.17) is 19.4 Å². The van der Waals surface area contributed by atoms with Crippen molar-refractivity contribution in [2.75, 3.05) is 50.2 Å². The summed E-state index contributed by atoms with van der Waals surface area (Å²) in [4.78, 5) is 76.7. The lowest BCUT2D eigenvalue weighted by molar-refractivity contribution is -0.136. The SMILES string of the molecule is COC(=O)N[C@H](C(=O)N1CCCC1c1nc2ccc([C@H]3CC[C@H](c4ccc5nc([C@@H]6CCCN6C(=O)[C@@H](NC(=O)OC)C(C)C)[nH]c5c4)N3c3cc(F)c(N4CCC(c5ccc(F)c(F)c5)CC4)c(F)c3)cc2[nH]1)C(C)C. The zero-order valence-electron chi connectivity index (χ0n) is 44.2. The Morgan fingerprint density at radius 2 is 1.03 bits per heavy atom. The van der Waals surface area contributed by atoms with Gasteiger partial charge in [0.05, 0.1) is 60.5 Å². The number of amides is 4. The van der Waals surface area contributed by atoms with Crippen molar-refractivity contribution in [3.63, 3.8) is 0 Å². The number of carbonyl (C=O) groups excluding carboxylic acids is 4. The molecule has 1 unspecified atom stereocenters. The van der Waals surface area contributed by atoms with Gasteiger partial charge in [-0.3, -0.25) is 9.59 Å². The number of nitrogens with one attached hydrogen (secondary N) is 4. The average molecular weight is 1060 g/mol. The van der Waals surface area contributed by atoms with Crippen molar-refractivity contribution in [3.05, 3.63) is 118 Å². The summed E-state index contributed by atoms with van der Waals surface area (Å²) in [6.45, 7) is 9.09. The van der Waals surface area contributed by atoms with Crippen LogP contribution < -0.4 is 20.4 Å². The molecule has 6 heterocycles. The van der Waals surface area contributed by atoms with Gasteiger partial charge >= 0.3 is 12.2 Å². The summed E-state index contributed by atoms with van der Waals surface area (Å²) in [6.07, 6.45) is 3.72. The molecule has 0 bridgehead atoms. The number of benzene rings is 4. The fraction of sp³-hybridized carbons (Fsp3) is 0.474. The predicted octanol–water partition coefficient (Wildman–Crippen LogP) is 10.6. The molecule has 0 saturated carbocycles. The van der Waals surface area contributed by atoms with Crippen LogP contribution in [-0.2, 0) is 19.1 Å². The molecule has 0 spiro atoms. The molecular formula is C57H66F4N10O6. The van der Waals surface area contributed by atoms with E-state index in [2.05, 4.69) is 25.5 Å². The summed E-state index contributed by atoms with van der Waals surface area (Å²) < 4.78 is 71.2. The number of halogens is 4. The number of carbonyl (C=O) groups is 4. The van der Waals surface area contributed by atoms with Crippen LogP contribution in [0.25, 0.3) is 22.1 Å². The molecule has 20 heteroatoms. The first-order valence-electron chi connectivity index (χ1n) is 26.8. The number of aromatic nitrogens is 4. The first kappa shape index (κ1) is 53.0. The highest BCUT2D eigenvalue weighted by atomic mass is 19.2. The number of aromatic amines is 2. The number of nitrogens with zero attached hydrogens (tertiary/aromatic N) is 6. The molecule has 6 atom stereocenters. The molecule has 10 rings (SSSR count). The van der Waals surface area contributed by atoms with Gasteiger partial charge in [0.25, 0.3) is 0 Å². The molecule has 4 aromatic carbocycles. The van der Waals surface area contributed by atoms with E-state index in [9.17, 15) is 28.0 Å². The van der Waals surface area contributed by atoms with Crippen molar-refractivity contribution >= 4 is 57.4 Å². The largest absolute Gasteiger partial charge is 0.453 e. The number of alkyl carbamates (subject to hydrolysis) is 2. The molecule has 16 nitrogen and oxygen atoms in total. The molecule has 4 aliphatic heterocycles. The summed E-state index contributed by atoms with van der Waals surface area (Å²) in [5.41, 5.74) is 5.49. The van der Waals surface area contributed by atoms with Crippen molar-refractivity contribution in [2.45, 2.75) is 121 Å². The van der Waals surface area contributed by atoms with Crippen molar-refractivity contribution in [2.24, 2.45) is 11.8 Å². The standard InChI is InChI=1S/C57H66F4N10O6/c1-30(2)49(66-56(74)76-5)54(72)69-21-7-9-47(69)52-62-41-15-12-34(26-43(41)64-52)45-17-18-46(71(45)36-28-39(60)51(40(61)29-36)68-23-19-32(20-24-68)33-11-14-37(58)38(59)25-33)35-13-16-42-44(27-35)65-53(63-42)48-10-8-22-70(48)55(73)50(31(3)4)67-57(75)77-6/h11-16,25-32,45-50H,7-10,17-24H2,1-6H3,(H,62,64)(H,63,65)(H,66,74)(H,67,75)/t45-,46-,47+,48?,49+,50+/m1/s1. The number of hydrogen-bond donors (Lipinski definition) is 4. The van der Waals surface area contributed by atoms with Crippen LogP contribution in [0, 0.1) is 35.1 Å². The topological polar surface area (TPSA) is 181 Å². The van der Waals surface area contributed by atoms with Crippen LogP contribution in [0.15, 0.2) is 66.7 Å². The minimum atomic E-state index is -0.924. The summed E-state index contributed by atoms with van der Waals surface area (Å²) in [5, 5.41) is 5.40. The van der Waals surface area contributed by atoms with Crippen molar-refractivity contribution < 1.29 is 46.2 Å². The van der Waals surface area contributed by atoms with E-state index in [1.54, 1.807) is 20.8 Å². The number of fused-ring (bicyclic) bond motifs is 2. The Bertz CT molecular complexity index is 3020. The summed E-state index contributed by atoms with van der Waals surface area (Å²) in [6, 6.07) is 15.5. The van der Waals surface area contributed by atoms with Gasteiger partial charge in [-0.25, -0.2) is 37.1 Å². The number of anilines is 2. The molecule has 4 saturated heterocycles. The van der Waals surface area contributed by atoms with Gasteiger partial charge in [0, 0.05) is 31.9 Å². The van der Waals surface area contributed by atoms with Gasteiger partial charge < -0.3 is 49.7 Å². The predicted molar refractivity (Wildman–Crippen MR) is 282 cm³/mol. The second-order valence-corrected chi connectivity index (χ2v) is 21.6. The lowest BCUT2D eigenvalue weighted by Gasteiger charge is -2.36. The van der Waals surface area contributed by atoms with Gasteiger partial charge in [-0.05, 0) is 134 Å². The zero-order chi connectivity index (χ0) is 54.4. The van der Waals surface area contributed by atoms with E-state index in [-0.39, 0.29) is 59.4 Å². The van der Waals surface area contributed by atoms with Gasteiger partial charge in [0.15, 0.2) is 23.3 Å². The Morgan fingerprint density at radius 1 is 0.558 bits per heavy atom. The second kappa shape index (κ2) is 21.9. The summed E-state index contributed by atoms with van der Waals surface area (Å²) >= 11 is 0. The highest BCUT2D eigenvalue weighted by molar-refractivity contribution is 5.88. The Balaban J connectivity index is 0.964. The maximum Gasteiger partial charge on any atom is 0.407 e. The van der Waals surface area contributed by atoms with Crippen LogP contribution in [-0.4, -0.2) is 106 Å². The molecule has 77 heavy (non-hydrogen) atoms. The Hall–Kier alpha value is -7.38. The number of H-pyrrole nitrogens is 2. The second-order valence-electron chi connectivity index (χ2n) is 21.6. The molecule has 4 amide bonds. The van der Waals surface area contributed by atoms with Crippen LogP contribution >= 0.6 is 0 Å². The van der Waals surface area contributed by atoms with E-state index in [1.165, 1.54) is 32.4 Å². The van der Waals surface area contributed by atoms with E-state index < -0.39 is 47.5 Å². The van der Waals surface area contributed by atoms with Crippen LogP contribution in [0.3, 0.4) is 0 Å². The molecule has 408 valence electrons. The summed E-state index contributed by atoms with van der Waals surface area (Å²) in [5.74, 6) is -2.97. The summed E-state index contributed by atoms with van der Waals surface area (Å²) in [7, 11) is 2.52. The fourth-order valence-corrected chi connectivity index (χ4v) is 12.2. The lowest BCUT2D eigenvalue weighted by Crippen LogP contribution is -2.51. The molecule has 4 fully saturated rings. The van der Waals surface area contributed by atoms with Gasteiger partial charge in [-0.2, -0.15) is 0 Å². The van der Waals surface area contributed by atoms with Crippen molar-refractivity contribution in [3.8, 4) is 0 Å². The number of piperidine rings is 1. The van der Waals surface area contributed by atoms with Crippen LogP contribution in [0.4, 0.5) is 38.5 Å². The van der Waals surface area contributed by atoms with Gasteiger partial charge in [-0.15, -0.1) is 0 Å². The highest BCUT2D eigenvalue weighted by Crippen LogP contribution is 2.49. The van der Waals surface area contributed by atoms with Crippen LogP contribution in [0.2, 0.25) is 0 Å². The van der Waals surface area contributed by atoms with Crippen molar-refractivity contribution in [1.82, 2.24) is 40.4 Å². The Labute approximate surface area is 444 Å². The number of ether oxygens (including phenoxy) is 2. The van der Waals surface area contributed by atoms with E-state index in [0.717, 1.165) is 41.1 Å². The molecular weight excluding hydrogens is 997 g/mol. The fourth-order valence-electron chi connectivity index (χ4n) is 12.2. The zero-order valence-corrected chi connectivity index (χ0v) is 44.2. The smallest absolute Gasteiger partial charge is 0.407 e. The third-order valence-electron chi connectivity index (χ3n) is 16.2. The molecule has 0 aliphatic carbocycles. The first-order chi connectivity index (χ1) is 37.0. The maximum atomic E-state index is 16.8. The quantitative estimate of drug-likeness (QED) is 0.0813. The monoisotopic (exact) mass is 1060 g/mol. The van der Waals surface area contributed by atoms with Gasteiger partial charge in [0.1, 0.15) is 29.4 Å². The molecule has 2 aromatic heterocycles. The van der Waals surface area contributed by atoms with E-state index >= 15 is 8.78 Å². The average Bonchev–Trinajstić information content (AvgIpc) is 4.29. The molecule has 4 aliphatic rings. The normalized spacial score (nSPS) is 20.9. The minimum absolute atomic E-state index is 0.0937. The number of methoxy groups -OCH3 is 2. The van der Waals surface area contributed by atoms with Crippen LogP contribution in [0.1, 0.15) is 137 Å². The third-order valence-corrected chi connectivity index (χ3v) is 16.2. The first-order valence-corrected chi connectivity index (χ1v) is 26.8. The van der Waals surface area contributed by atoms with Gasteiger partial charge in [0.2, 0.25) is 11.8 Å².